The Kier molecular flexibility index (Phi) is 35.8. The van der Waals surface area contributed by atoms with E-state index < -0.39 is 19.6 Å². The molecule has 4 aromatic carbocycles. The van der Waals surface area contributed by atoms with Crippen LogP contribution in [-0.2, 0) is 109 Å². The number of fused-ring (bicyclic) bond motifs is 3. The summed E-state index contributed by atoms with van der Waals surface area (Å²) in [6.45, 7) is 61.8. The molecule has 674 valence electrons. The molecule has 9 heterocycles. The van der Waals surface area contributed by atoms with E-state index in [0.29, 0.717) is 67.4 Å². The Bertz CT molecular complexity index is 5630. The van der Waals surface area contributed by atoms with Crippen LogP contribution in [0, 0.1) is 51.4 Å². The number of hydrogen-bond donors (Lipinski definition) is 1. The molecule has 0 unspecified atom stereocenters. The second-order valence-electron chi connectivity index (χ2n) is 40.6. The number of aryl methyl sites for hydroxylation is 7. The Labute approximate surface area is 779 Å². The minimum atomic E-state index is -0.766. The molecule has 0 saturated carbocycles. The fraction of sp³-hybridized carbons (Fsp3) is 0.521. The fourth-order valence-corrected chi connectivity index (χ4v) is 14.6. The normalized spacial score (nSPS) is 15.9. The summed E-state index contributed by atoms with van der Waals surface area (Å²) in [7, 11) is 3.93. The summed E-state index contributed by atoms with van der Waals surface area (Å²) in [5.74, 6) is 0.457. The monoisotopic (exact) mass is 1830 g/mol. The number of aliphatic hydroxyl groups is 1. The van der Waals surface area contributed by atoms with E-state index in [9.17, 15) is 33.9 Å². The van der Waals surface area contributed by atoms with Gasteiger partial charge in [0.05, 0.1) is 67.1 Å². The predicted octanol–water partition coefficient (Wildman–Crippen LogP) is 14.9. The molecular formula is C96H135B3BrCl2MgN9O13. The van der Waals surface area contributed by atoms with E-state index in [1.807, 2.05) is 213 Å². The van der Waals surface area contributed by atoms with Crippen molar-refractivity contribution in [1.82, 2.24) is 42.4 Å². The van der Waals surface area contributed by atoms with Crippen LogP contribution in [-0.4, -0.2) is 148 Å². The van der Waals surface area contributed by atoms with Crippen molar-refractivity contribution in [3.05, 3.63) is 203 Å². The molecule has 0 atom stereocenters. The van der Waals surface area contributed by atoms with Crippen molar-refractivity contribution in [3.8, 4) is 22.5 Å². The average molecular weight is 1830 g/mol. The van der Waals surface area contributed by atoms with Crippen LogP contribution in [0.3, 0.4) is 0 Å². The molecule has 22 nitrogen and oxygen atoms in total. The summed E-state index contributed by atoms with van der Waals surface area (Å²) in [5, 5.41) is 11.3. The predicted molar refractivity (Wildman–Crippen MR) is 509 cm³/mol. The molecule has 3 fully saturated rings. The van der Waals surface area contributed by atoms with Gasteiger partial charge in [-0.2, -0.15) is 0 Å². The molecule has 0 aliphatic carbocycles. The van der Waals surface area contributed by atoms with Crippen LogP contribution < -0.4 is 39.5 Å². The van der Waals surface area contributed by atoms with Gasteiger partial charge in [-0.05, 0) is 261 Å². The van der Waals surface area contributed by atoms with Gasteiger partial charge in [-0.15, -0.1) is 0 Å². The molecule has 0 bridgehead atoms. The summed E-state index contributed by atoms with van der Waals surface area (Å²) in [4.78, 5) is 84.9. The third-order valence-electron chi connectivity index (χ3n) is 22.8. The number of halogens is 3. The Morgan fingerprint density at radius 1 is 0.408 bits per heavy atom. The van der Waals surface area contributed by atoms with E-state index in [1.165, 1.54) is 4.57 Å². The van der Waals surface area contributed by atoms with Gasteiger partial charge in [0.2, 0.25) is 0 Å². The number of aromatic nitrogens is 9. The standard InChI is InChI=1S/C23H31N3O2.C22H27N3O2.C16H23BO3.C12H24B2O4.C12H16ClN3O.C10H11ClO.CH3.BrH.Mg/c1-15-8-9-16(13-23(5,6)28)12-17(15)18-10-11-19-20(24-18)25(7)21(27)26(19)14-22(2,3)4;1-14-7-8-16(11-15(2)26)12-17(14)18-9-10-19-20(23-18)24(6)21(27)25(19)13-22(3,4)5;1-11-7-8-13(9-12(2)18)10-14(11)17-19-15(3,4)16(5,6)20-17;1-9(2)10(3,4)16-13(15-9)14-17-11(5,6)12(7,8)18-14;1-12(2,3)7-16-8-5-6-9(13)14-10(8)15(4)11(16)17;1-7-3-4-9(5-8(2)12)6-10(7)11;;;/h8-12,28H,13-14H2,1-7H3;7-10,12H,11,13H2,1-6H3;7-8,10H,9H2,1-6H3;1-8H3;5-6H,7H2,1-4H3;3-4,6H,5H2,1-2H3;1H3;1H;/q;;;;;;-1;;+2/p-1. The molecule has 3 aliphatic heterocycles. The van der Waals surface area contributed by atoms with E-state index in [2.05, 4.69) is 86.4 Å². The number of hydrogen-bond acceptors (Lipinski definition) is 16. The first-order chi connectivity index (χ1) is 55.8. The number of Topliss-reactive ketones (excluding diaryl/α,β-unsaturated/α-hetero) is 3. The number of nitrogens with zero attached hydrogens (tertiary/aromatic N) is 9. The van der Waals surface area contributed by atoms with Gasteiger partial charge in [-0.3, -0.25) is 41.8 Å². The van der Waals surface area contributed by atoms with Gasteiger partial charge in [0.25, 0.3) is 0 Å². The van der Waals surface area contributed by atoms with Crippen molar-refractivity contribution < 1.29 is 64.4 Å². The molecule has 3 aliphatic rings. The molecule has 13 rings (SSSR count). The molecule has 1 N–H and O–H groups in total. The first-order valence-electron chi connectivity index (χ1n) is 42.0. The Balaban J connectivity index is 0.000000270. The van der Waals surface area contributed by atoms with Crippen LogP contribution in [0.1, 0.15) is 225 Å². The maximum absolute atomic E-state index is 12.7. The number of carbonyl (C=O) groups excluding carboxylic acids is 3. The number of ketones is 3. The van der Waals surface area contributed by atoms with Gasteiger partial charge in [0, 0.05) is 82.6 Å². The minimum absolute atomic E-state index is 0. The van der Waals surface area contributed by atoms with E-state index in [1.54, 1.807) is 66.2 Å². The number of pyridine rings is 3. The van der Waals surface area contributed by atoms with Gasteiger partial charge in [-0.25, -0.2) is 29.3 Å². The van der Waals surface area contributed by atoms with Gasteiger partial charge in [-0.1, -0.05) is 146 Å². The summed E-state index contributed by atoms with van der Waals surface area (Å²) in [6, 6.07) is 35.4. The summed E-state index contributed by atoms with van der Waals surface area (Å²) in [5.41, 5.74) is 14.6. The smallest absolute Gasteiger partial charge is 1.00 e. The molecule has 6 aromatic heterocycles. The molecule has 3 saturated heterocycles. The first kappa shape index (κ1) is 108. The second-order valence-corrected chi connectivity index (χ2v) is 41.4. The van der Waals surface area contributed by atoms with Gasteiger partial charge >= 0.3 is 61.3 Å². The van der Waals surface area contributed by atoms with Gasteiger partial charge < -0.3 is 57.4 Å². The molecule has 0 spiro atoms. The third kappa shape index (κ3) is 27.5. The largest absolute Gasteiger partial charge is 2.00 e. The van der Waals surface area contributed by atoms with Gasteiger partial charge in [0.1, 0.15) is 22.5 Å². The number of benzene rings is 4. The quantitative estimate of drug-likeness (QED) is 0.0569. The molecule has 0 amide bonds. The minimum Gasteiger partial charge on any atom is -1.00 e. The zero-order valence-corrected chi connectivity index (χ0v) is 85.3. The Morgan fingerprint density at radius 2 is 0.696 bits per heavy atom. The van der Waals surface area contributed by atoms with Crippen molar-refractivity contribution in [1.29, 1.82) is 0 Å². The number of rotatable bonds is 15. The second kappa shape index (κ2) is 41.3. The number of carbonyl (C=O) groups is 3. The van der Waals surface area contributed by atoms with Crippen LogP contribution in [0.15, 0.2) is 124 Å². The van der Waals surface area contributed by atoms with E-state index in [0.717, 1.165) is 94.1 Å². The zero-order valence-electron chi connectivity index (χ0n) is 80.8. The Morgan fingerprint density at radius 3 is 1.02 bits per heavy atom. The van der Waals surface area contributed by atoms with Crippen molar-refractivity contribution in [3.63, 3.8) is 0 Å². The first-order valence-corrected chi connectivity index (χ1v) is 42.7. The molecule has 29 heteroatoms. The van der Waals surface area contributed by atoms with Crippen molar-refractivity contribution in [2.24, 2.45) is 37.4 Å². The van der Waals surface area contributed by atoms with Crippen LogP contribution in [0.5, 0.6) is 0 Å². The zero-order chi connectivity index (χ0) is 91.8. The maximum Gasteiger partial charge on any atom is 2.00 e. The van der Waals surface area contributed by atoms with E-state index in [4.69, 9.17) is 61.1 Å². The fourth-order valence-electron chi connectivity index (χ4n) is 14.2. The Hall–Kier alpha value is -7.11. The van der Waals surface area contributed by atoms with Crippen LogP contribution in [0.25, 0.3) is 56.0 Å². The molecule has 125 heavy (non-hydrogen) atoms. The van der Waals surface area contributed by atoms with Crippen LogP contribution in [0.2, 0.25) is 10.2 Å². The maximum atomic E-state index is 12.7. The summed E-state index contributed by atoms with van der Waals surface area (Å²) in [6.07, 6.45) is 1.91. The van der Waals surface area contributed by atoms with Crippen molar-refractivity contribution >= 4 is 124 Å². The topological polar surface area (TPSA) is 246 Å². The average Bonchev–Trinajstić information content (AvgIpc) is 1.59. The molecule has 0 radical (unpaired) electrons. The van der Waals surface area contributed by atoms with Crippen LogP contribution in [0.4, 0.5) is 0 Å². The van der Waals surface area contributed by atoms with Crippen molar-refractivity contribution in [2.45, 2.75) is 292 Å². The molecular weight excluding hydrogens is 1690 g/mol. The van der Waals surface area contributed by atoms with Crippen LogP contribution >= 0.6 is 23.2 Å². The van der Waals surface area contributed by atoms with Crippen molar-refractivity contribution in [2.75, 3.05) is 0 Å². The summed E-state index contributed by atoms with van der Waals surface area (Å²) < 4.78 is 46.1. The SMILES string of the molecule is CC(=O)Cc1ccc(C)c(-c2ccc3c(n2)n(C)c(=O)n3CC(C)(C)C)c1.CC(=O)Cc1ccc(C)c(B2OC(C)(C)C(C)(C)O2)c1.CC(=O)Cc1ccc(C)c(Cl)c1.CC1(C)OB(B2OC(C)(C)C(C)(C)O2)OC1(C)C.Cc1ccc(CC(C)(C)O)cc1-c1ccc2c(n1)n(C)c(=O)n2CC(C)(C)C.Cn1c(=O)n(CC(C)(C)C)c2ccc(Cl)nc21.[Br-].[CH3-].[Mg+2]. The van der Waals surface area contributed by atoms with E-state index >= 15 is 0 Å². The van der Waals surface area contributed by atoms with Gasteiger partial charge in [0.15, 0.2) is 16.9 Å². The summed E-state index contributed by atoms with van der Waals surface area (Å²) >= 11 is 11.7. The molecule has 10 aromatic rings. The number of imidazole rings is 3. The van der Waals surface area contributed by atoms with E-state index in [-0.39, 0.29) is 139 Å². The third-order valence-corrected chi connectivity index (χ3v) is 23.4.